The van der Waals surface area contributed by atoms with Crippen molar-refractivity contribution in [3.05, 3.63) is 53.7 Å². The molecule has 1 aliphatic heterocycles. The second kappa shape index (κ2) is 7.23. The summed E-state index contributed by atoms with van der Waals surface area (Å²) in [5.41, 5.74) is 1.79. The number of hydrogen-bond donors (Lipinski definition) is 1. The number of nitrogens with zero attached hydrogens (tertiary/aromatic N) is 3. The molecule has 1 saturated carbocycles. The van der Waals surface area contributed by atoms with Gasteiger partial charge in [-0.15, -0.1) is 5.10 Å². The summed E-state index contributed by atoms with van der Waals surface area (Å²) in [5.74, 6) is 0.718. The standard InChI is InChI=1S/C20H22N4O2/c25-18-8-4-5-13-24(18)19(15-6-2-1-3-7-15)20(26)21-17-12-11-16(22-23-17)14-9-10-14/h1-3,6-7,11-12,14,19H,4-5,8-10,13H2,(H,21,23,26). The highest BCUT2D eigenvalue weighted by Crippen LogP contribution is 2.38. The van der Waals surface area contributed by atoms with Crippen molar-refractivity contribution in [3.8, 4) is 0 Å². The second-order valence-corrected chi connectivity index (χ2v) is 6.96. The van der Waals surface area contributed by atoms with Crippen molar-refractivity contribution in [3.63, 3.8) is 0 Å². The van der Waals surface area contributed by atoms with Gasteiger partial charge in [0.05, 0.1) is 5.69 Å². The number of carbonyl (C=O) groups is 2. The Balaban J connectivity index is 1.56. The summed E-state index contributed by atoms with van der Waals surface area (Å²) in [6.45, 7) is 0.595. The van der Waals surface area contributed by atoms with E-state index in [4.69, 9.17) is 0 Å². The quantitative estimate of drug-likeness (QED) is 0.899. The van der Waals surface area contributed by atoms with Crippen LogP contribution < -0.4 is 5.32 Å². The van der Waals surface area contributed by atoms with Gasteiger partial charge < -0.3 is 10.2 Å². The second-order valence-electron chi connectivity index (χ2n) is 6.96. The van der Waals surface area contributed by atoms with Crippen molar-refractivity contribution in [2.45, 2.75) is 44.1 Å². The summed E-state index contributed by atoms with van der Waals surface area (Å²) in [5, 5.41) is 11.2. The molecule has 6 heteroatoms. The van der Waals surface area contributed by atoms with Gasteiger partial charge in [-0.3, -0.25) is 9.59 Å². The Labute approximate surface area is 152 Å². The maximum atomic E-state index is 13.0. The summed E-state index contributed by atoms with van der Waals surface area (Å²) >= 11 is 0. The molecule has 1 saturated heterocycles. The molecule has 2 fully saturated rings. The summed E-state index contributed by atoms with van der Waals surface area (Å²) < 4.78 is 0. The van der Waals surface area contributed by atoms with Gasteiger partial charge in [0.15, 0.2) is 5.82 Å². The lowest BCUT2D eigenvalue weighted by molar-refractivity contribution is -0.141. The van der Waals surface area contributed by atoms with Gasteiger partial charge in [0.1, 0.15) is 6.04 Å². The molecule has 2 heterocycles. The third-order valence-electron chi connectivity index (χ3n) is 4.97. The Morgan fingerprint density at radius 2 is 1.88 bits per heavy atom. The van der Waals surface area contributed by atoms with Gasteiger partial charge >= 0.3 is 0 Å². The fourth-order valence-corrected chi connectivity index (χ4v) is 3.41. The van der Waals surface area contributed by atoms with E-state index >= 15 is 0 Å². The van der Waals surface area contributed by atoms with Crippen molar-refractivity contribution < 1.29 is 9.59 Å². The zero-order chi connectivity index (χ0) is 17.9. The topological polar surface area (TPSA) is 75.2 Å². The van der Waals surface area contributed by atoms with E-state index in [9.17, 15) is 9.59 Å². The molecule has 26 heavy (non-hydrogen) atoms. The molecule has 0 radical (unpaired) electrons. The third kappa shape index (κ3) is 3.59. The Morgan fingerprint density at radius 3 is 2.54 bits per heavy atom. The average Bonchev–Trinajstić information content (AvgIpc) is 3.50. The normalized spacial score (nSPS) is 18.5. The lowest BCUT2D eigenvalue weighted by Gasteiger charge is -2.34. The molecule has 6 nitrogen and oxygen atoms in total. The highest BCUT2D eigenvalue weighted by Gasteiger charge is 2.33. The van der Waals surface area contributed by atoms with Crippen LogP contribution in [-0.2, 0) is 9.59 Å². The third-order valence-corrected chi connectivity index (χ3v) is 4.97. The van der Waals surface area contributed by atoms with E-state index in [2.05, 4.69) is 15.5 Å². The molecular weight excluding hydrogens is 328 g/mol. The van der Waals surface area contributed by atoms with Crippen LogP contribution >= 0.6 is 0 Å². The maximum Gasteiger partial charge on any atom is 0.253 e. The number of benzene rings is 1. The number of aromatic nitrogens is 2. The van der Waals surface area contributed by atoms with Crippen LogP contribution in [0.4, 0.5) is 5.82 Å². The van der Waals surface area contributed by atoms with Gasteiger partial charge in [-0.1, -0.05) is 30.3 Å². The minimum absolute atomic E-state index is 0.0235. The molecule has 2 aliphatic rings. The van der Waals surface area contributed by atoms with Gasteiger partial charge in [0, 0.05) is 18.9 Å². The van der Waals surface area contributed by atoms with Crippen molar-refractivity contribution in [2.24, 2.45) is 0 Å². The molecule has 134 valence electrons. The molecule has 1 aromatic heterocycles. The molecule has 1 atom stereocenters. The molecule has 0 bridgehead atoms. The first-order valence-electron chi connectivity index (χ1n) is 9.21. The lowest BCUT2D eigenvalue weighted by Crippen LogP contribution is -2.43. The van der Waals surface area contributed by atoms with E-state index in [1.807, 2.05) is 36.4 Å². The Morgan fingerprint density at radius 1 is 1.08 bits per heavy atom. The summed E-state index contributed by atoms with van der Waals surface area (Å²) in [6, 6.07) is 12.5. The smallest absolute Gasteiger partial charge is 0.253 e. The summed E-state index contributed by atoms with van der Waals surface area (Å²) in [6.07, 6.45) is 4.61. The maximum absolute atomic E-state index is 13.0. The molecule has 4 rings (SSSR count). The zero-order valence-electron chi connectivity index (χ0n) is 14.6. The molecule has 1 aliphatic carbocycles. The summed E-state index contributed by atoms with van der Waals surface area (Å²) in [4.78, 5) is 27.1. The van der Waals surface area contributed by atoms with Crippen molar-refractivity contribution in [1.29, 1.82) is 0 Å². The molecule has 2 aromatic rings. The molecule has 1 unspecified atom stereocenters. The molecule has 0 spiro atoms. The highest BCUT2D eigenvalue weighted by atomic mass is 16.2. The summed E-state index contributed by atoms with van der Waals surface area (Å²) in [7, 11) is 0. The van der Waals surface area contributed by atoms with E-state index in [0.717, 1.165) is 36.9 Å². The zero-order valence-corrected chi connectivity index (χ0v) is 14.6. The van der Waals surface area contributed by atoms with Crippen LogP contribution in [0.3, 0.4) is 0 Å². The molecule has 1 aromatic carbocycles. The van der Waals surface area contributed by atoms with Crippen LogP contribution in [0, 0.1) is 0 Å². The van der Waals surface area contributed by atoms with Crippen molar-refractivity contribution in [2.75, 3.05) is 11.9 Å². The molecule has 1 N–H and O–H groups in total. The fourth-order valence-electron chi connectivity index (χ4n) is 3.41. The minimum Gasteiger partial charge on any atom is -0.327 e. The first kappa shape index (κ1) is 16.7. The SMILES string of the molecule is O=C(Nc1ccc(C2CC2)nn1)C(c1ccccc1)N1CCCCC1=O. The van der Waals surface area contributed by atoms with Gasteiger partial charge in [-0.05, 0) is 43.4 Å². The first-order valence-corrected chi connectivity index (χ1v) is 9.21. The van der Waals surface area contributed by atoms with Gasteiger partial charge in [0.2, 0.25) is 5.91 Å². The van der Waals surface area contributed by atoms with Gasteiger partial charge in [-0.25, -0.2) is 0 Å². The molecule has 2 amide bonds. The van der Waals surface area contributed by atoms with E-state index in [1.165, 1.54) is 0 Å². The first-order chi connectivity index (χ1) is 12.7. The van der Waals surface area contributed by atoms with E-state index < -0.39 is 6.04 Å². The number of amides is 2. The Kier molecular flexibility index (Phi) is 4.65. The number of piperidine rings is 1. The predicted molar refractivity (Wildman–Crippen MR) is 97.4 cm³/mol. The van der Waals surface area contributed by atoms with E-state index in [1.54, 1.807) is 11.0 Å². The van der Waals surface area contributed by atoms with Crippen LogP contribution in [0.2, 0.25) is 0 Å². The Hall–Kier alpha value is -2.76. The predicted octanol–water partition coefficient (Wildman–Crippen LogP) is 3.05. The largest absolute Gasteiger partial charge is 0.327 e. The monoisotopic (exact) mass is 350 g/mol. The fraction of sp³-hybridized carbons (Fsp3) is 0.400. The van der Waals surface area contributed by atoms with E-state index in [0.29, 0.717) is 24.7 Å². The number of carbonyl (C=O) groups excluding carboxylic acids is 2. The van der Waals surface area contributed by atoms with Crippen LogP contribution in [0.1, 0.15) is 55.3 Å². The molecular formula is C20H22N4O2. The lowest BCUT2D eigenvalue weighted by atomic mass is 10.0. The van der Waals surface area contributed by atoms with Crippen LogP contribution in [0.15, 0.2) is 42.5 Å². The number of hydrogen-bond acceptors (Lipinski definition) is 4. The minimum atomic E-state index is -0.645. The van der Waals surface area contributed by atoms with Crippen molar-refractivity contribution >= 4 is 17.6 Å². The number of rotatable bonds is 5. The van der Waals surface area contributed by atoms with Gasteiger partial charge in [0.25, 0.3) is 5.91 Å². The van der Waals surface area contributed by atoms with Crippen molar-refractivity contribution in [1.82, 2.24) is 15.1 Å². The van der Waals surface area contributed by atoms with E-state index in [-0.39, 0.29) is 11.8 Å². The number of likely N-dealkylation sites (tertiary alicyclic amines) is 1. The number of nitrogens with one attached hydrogen (secondary N) is 1. The number of anilines is 1. The highest BCUT2D eigenvalue weighted by molar-refractivity contribution is 5.97. The van der Waals surface area contributed by atoms with Crippen LogP contribution in [0.25, 0.3) is 0 Å². The van der Waals surface area contributed by atoms with Gasteiger partial charge in [-0.2, -0.15) is 5.10 Å². The van der Waals surface area contributed by atoms with Crippen LogP contribution in [0.5, 0.6) is 0 Å². The van der Waals surface area contributed by atoms with Crippen LogP contribution in [-0.4, -0.2) is 33.5 Å². The average molecular weight is 350 g/mol. The Bertz CT molecular complexity index is 787.